The fourth-order valence-corrected chi connectivity index (χ4v) is 2.98. The number of nitrogens with two attached hydrogens (primary N) is 1. The lowest BCUT2D eigenvalue weighted by Gasteiger charge is -2.31. The van der Waals surface area contributed by atoms with Gasteiger partial charge in [-0.1, -0.05) is 6.42 Å². The number of hydrogen-bond donors (Lipinski definition) is 2. The number of aromatic amines is 1. The van der Waals surface area contributed by atoms with E-state index in [4.69, 9.17) is 5.73 Å². The third kappa shape index (κ3) is 2.71. The van der Waals surface area contributed by atoms with Crippen molar-refractivity contribution in [3.8, 4) is 0 Å². The summed E-state index contributed by atoms with van der Waals surface area (Å²) in [6, 6.07) is 3.43. The van der Waals surface area contributed by atoms with Crippen LogP contribution in [0.15, 0.2) is 23.1 Å². The van der Waals surface area contributed by atoms with Gasteiger partial charge >= 0.3 is 0 Å². The molecule has 1 aromatic heterocycles. The van der Waals surface area contributed by atoms with Gasteiger partial charge in [-0.2, -0.15) is 0 Å². The fourth-order valence-electron chi connectivity index (χ4n) is 2.98. The second-order valence-corrected chi connectivity index (χ2v) is 5.00. The van der Waals surface area contributed by atoms with Gasteiger partial charge < -0.3 is 15.6 Å². The highest BCUT2D eigenvalue weighted by Crippen LogP contribution is 2.29. The first-order chi connectivity index (χ1) is 9.19. The van der Waals surface area contributed by atoms with Gasteiger partial charge in [0.15, 0.2) is 0 Å². The number of carbonyl (C=O) groups excluding carboxylic acids is 1. The summed E-state index contributed by atoms with van der Waals surface area (Å²) in [6.07, 6.45) is 4.68. The topological polar surface area (TPSA) is 79.2 Å². The molecule has 1 amide bonds. The molecule has 0 radical (unpaired) electrons. The number of nitrogens with one attached hydrogen (secondary N) is 1. The molecule has 0 saturated heterocycles. The molecule has 0 aliphatic heterocycles. The lowest BCUT2D eigenvalue weighted by Crippen LogP contribution is -2.45. The van der Waals surface area contributed by atoms with Gasteiger partial charge in [-0.25, -0.2) is 0 Å². The largest absolute Gasteiger partial charge is 0.335 e. The maximum atomic E-state index is 12.5. The fraction of sp³-hybridized carbons (Fsp3) is 0.571. The van der Waals surface area contributed by atoms with E-state index < -0.39 is 0 Å². The molecular formula is C14H21N3O2. The third-order valence-electron chi connectivity index (χ3n) is 3.97. The SMILES string of the molecule is CCN(C(=O)c1ccc[nH]c1=O)C1CCCC1CN. The normalized spacial score (nSPS) is 22.4. The van der Waals surface area contributed by atoms with Crippen molar-refractivity contribution in [2.45, 2.75) is 32.2 Å². The Morgan fingerprint density at radius 3 is 2.95 bits per heavy atom. The average molecular weight is 263 g/mol. The van der Waals surface area contributed by atoms with Gasteiger partial charge in [-0.15, -0.1) is 0 Å². The van der Waals surface area contributed by atoms with Gasteiger partial charge in [-0.3, -0.25) is 9.59 Å². The van der Waals surface area contributed by atoms with Crippen molar-refractivity contribution in [3.63, 3.8) is 0 Å². The predicted octanol–water partition coefficient (Wildman–Crippen LogP) is 0.964. The summed E-state index contributed by atoms with van der Waals surface area (Å²) in [6.45, 7) is 3.15. The van der Waals surface area contributed by atoms with Crippen LogP contribution in [-0.2, 0) is 0 Å². The Bertz CT molecular complexity index is 497. The van der Waals surface area contributed by atoms with Crippen LogP contribution in [0.2, 0.25) is 0 Å². The minimum atomic E-state index is -0.326. The summed E-state index contributed by atoms with van der Waals surface area (Å²) < 4.78 is 0. The predicted molar refractivity (Wildman–Crippen MR) is 74.0 cm³/mol. The van der Waals surface area contributed by atoms with Crippen LogP contribution in [-0.4, -0.2) is 34.9 Å². The van der Waals surface area contributed by atoms with Gasteiger partial charge in [0.2, 0.25) is 0 Å². The maximum Gasteiger partial charge on any atom is 0.260 e. The Kier molecular flexibility index (Phi) is 4.37. The van der Waals surface area contributed by atoms with Crippen molar-refractivity contribution in [2.24, 2.45) is 11.7 Å². The average Bonchev–Trinajstić information content (AvgIpc) is 2.88. The molecule has 1 aliphatic rings. The molecule has 2 unspecified atom stereocenters. The first kappa shape index (κ1) is 13.8. The van der Waals surface area contributed by atoms with Gasteiger partial charge in [0, 0.05) is 18.8 Å². The molecule has 5 nitrogen and oxygen atoms in total. The molecule has 3 N–H and O–H groups in total. The summed E-state index contributed by atoms with van der Waals surface area (Å²) in [7, 11) is 0. The molecule has 1 aromatic rings. The molecule has 104 valence electrons. The first-order valence-corrected chi connectivity index (χ1v) is 6.87. The van der Waals surface area contributed by atoms with Crippen LogP contribution < -0.4 is 11.3 Å². The van der Waals surface area contributed by atoms with Crippen molar-refractivity contribution >= 4 is 5.91 Å². The zero-order chi connectivity index (χ0) is 13.8. The van der Waals surface area contributed by atoms with E-state index in [9.17, 15) is 9.59 Å². The summed E-state index contributed by atoms with van der Waals surface area (Å²) in [5.41, 5.74) is 5.67. The second kappa shape index (κ2) is 6.02. The van der Waals surface area contributed by atoms with Gasteiger partial charge in [0.25, 0.3) is 11.5 Å². The van der Waals surface area contributed by atoms with Crippen molar-refractivity contribution < 1.29 is 4.79 Å². The first-order valence-electron chi connectivity index (χ1n) is 6.87. The van der Waals surface area contributed by atoms with Gasteiger partial charge in [0.1, 0.15) is 5.56 Å². The molecule has 2 atom stereocenters. The van der Waals surface area contributed by atoms with E-state index in [0.29, 0.717) is 19.0 Å². The maximum absolute atomic E-state index is 12.5. The highest BCUT2D eigenvalue weighted by Gasteiger charge is 2.33. The highest BCUT2D eigenvalue weighted by molar-refractivity contribution is 5.94. The van der Waals surface area contributed by atoms with Crippen LogP contribution in [0.5, 0.6) is 0 Å². The molecule has 19 heavy (non-hydrogen) atoms. The Hall–Kier alpha value is -1.62. The van der Waals surface area contributed by atoms with E-state index in [1.807, 2.05) is 6.92 Å². The van der Waals surface area contributed by atoms with E-state index in [2.05, 4.69) is 4.98 Å². The summed E-state index contributed by atoms with van der Waals surface area (Å²) in [5, 5.41) is 0. The number of pyridine rings is 1. The lowest BCUT2D eigenvalue weighted by atomic mass is 10.0. The Labute approximate surface area is 112 Å². The van der Waals surface area contributed by atoms with Crippen LogP contribution in [0, 0.1) is 5.92 Å². The van der Waals surface area contributed by atoms with E-state index in [0.717, 1.165) is 19.3 Å². The summed E-state index contributed by atoms with van der Waals surface area (Å²) in [5.74, 6) is 0.168. The smallest absolute Gasteiger partial charge is 0.260 e. The quantitative estimate of drug-likeness (QED) is 0.849. The van der Waals surface area contributed by atoms with Crippen LogP contribution in [0.1, 0.15) is 36.5 Å². The van der Waals surface area contributed by atoms with Crippen molar-refractivity contribution in [1.29, 1.82) is 0 Å². The number of hydrogen-bond acceptors (Lipinski definition) is 3. The Morgan fingerprint density at radius 2 is 2.32 bits per heavy atom. The number of H-pyrrole nitrogens is 1. The second-order valence-electron chi connectivity index (χ2n) is 5.00. The number of rotatable bonds is 4. The monoisotopic (exact) mass is 263 g/mol. The zero-order valence-corrected chi connectivity index (χ0v) is 11.3. The minimum Gasteiger partial charge on any atom is -0.335 e. The molecule has 0 spiro atoms. The Balaban J connectivity index is 2.25. The Morgan fingerprint density at radius 1 is 1.53 bits per heavy atom. The standard InChI is InChI=1S/C14H21N3O2/c1-2-17(12-7-3-5-10(12)9-15)14(19)11-6-4-8-16-13(11)18/h4,6,8,10,12H,2-3,5,7,9,15H2,1H3,(H,16,18). The van der Waals surface area contributed by atoms with Crippen molar-refractivity contribution in [2.75, 3.05) is 13.1 Å². The third-order valence-corrected chi connectivity index (χ3v) is 3.97. The molecule has 0 bridgehead atoms. The van der Waals surface area contributed by atoms with Gasteiger partial charge in [-0.05, 0) is 44.4 Å². The molecule has 1 aliphatic carbocycles. The number of nitrogens with zero attached hydrogens (tertiary/aromatic N) is 1. The lowest BCUT2D eigenvalue weighted by molar-refractivity contribution is 0.0650. The van der Waals surface area contributed by atoms with Crippen LogP contribution in [0.25, 0.3) is 0 Å². The van der Waals surface area contributed by atoms with E-state index >= 15 is 0 Å². The van der Waals surface area contributed by atoms with Gasteiger partial charge in [0.05, 0.1) is 0 Å². The van der Waals surface area contributed by atoms with E-state index in [1.54, 1.807) is 17.0 Å². The number of amides is 1. The van der Waals surface area contributed by atoms with Crippen molar-refractivity contribution in [1.82, 2.24) is 9.88 Å². The highest BCUT2D eigenvalue weighted by atomic mass is 16.2. The summed E-state index contributed by atoms with van der Waals surface area (Å²) in [4.78, 5) is 28.6. The van der Waals surface area contributed by atoms with Crippen molar-refractivity contribution in [3.05, 3.63) is 34.2 Å². The molecule has 1 saturated carbocycles. The summed E-state index contributed by atoms with van der Waals surface area (Å²) >= 11 is 0. The zero-order valence-electron chi connectivity index (χ0n) is 11.3. The molecule has 1 heterocycles. The minimum absolute atomic E-state index is 0.169. The number of carbonyl (C=O) groups is 1. The van der Waals surface area contributed by atoms with E-state index in [-0.39, 0.29) is 23.1 Å². The molecule has 5 heteroatoms. The molecule has 1 fully saturated rings. The van der Waals surface area contributed by atoms with Crippen LogP contribution >= 0.6 is 0 Å². The molecular weight excluding hydrogens is 242 g/mol. The van der Waals surface area contributed by atoms with E-state index in [1.165, 1.54) is 6.20 Å². The number of aromatic nitrogens is 1. The van der Waals surface area contributed by atoms with Crippen LogP contribution in [0.3, 0.4) is 0 Å². The van der Waals surface area contributed by atoms with Crippen LogP contribution in [0.4, 0.5) is 0 Å². The molecule has 2 rings (SSSR count). The molecule has 0 aromatic carbocycles.